The number of hydrogen-bond acceptors (Lipinski definition) is 5. The number of carbonyl (C=O) groups excluding carboxylic acids is 1. The minimum Gasteiger partial charge on any atom is -0.350 e. The number of nitrogens with one attached hydrogen (secondary N) is 1. The summed E-state index contributed by atoms with van der Waals surface area (Å²) in [6.45, 7) is 0.387. The molecule has 1 N–H and O–H groups in total. The maximum Gasteiger partial charge on any atom is 0.262 e. The van der Waals surface area contributed by atoms with Crippen molar-refractivity contribution in [1.82, 2.24) is 29.5 Å². The Morgan fingerprint density at radius 2 is 1.93 bits per heavy atom. The van der Waals surface area contributed by atoms with Crippen LogP contribution in [0.15, 0.2) is 53.5 Å². The predicted octanol–water partition coefficient (Wildman–Crippen LogP) is 1.23. The van der Waals surface area contributed by atoms with Gasteiger partial charge < -0.3 is 5.32 Å². The van der Waals surface area contributed by atoms with Gasteiger partial charge in [0.25, 0.3) is 5.56 Å². The molecule has 3 aromatic heterocycles. The Bertz CT molecular complexity index is 1180. The van der Waals surface area contributed by atoms with E-state index >= 15 is 0 Å². The number of amides is 1. The molecular weight excluding hydrogens is 344 g/mol. The number of nitrogens with zero attached hydrogens (tertiary/aromatic N) is 5. The molecule has 0 fully saturated rings. The lowest BCUT2D eigenvalue weighted by molar-refractivity contribution is -0.121. The molecule has 4 rings (SSSR count). The van der Waals surface area contributed by atoms with Crippen molar-refractivity contribution in [2.75, 3.05) is 0 Å². The first-order valence-electron chi connectivity index (χ1n) is 8.63. The molecular formula is C19H18N6O2. The van der Waals surface area contributed by atoms with Gasteiger partial charge in [-0.05, 0) is 24.3 Å². The van der Waals surface area contributed by atoms with Gasteiger partial charge >= 0.3 is 0 Å². The van der Waals surface area contributed by atoms with Crippen LogP contribution < -0.4 is 10.9 Å². The summed E-state index contributed by atoms with van der Waals surface area (Å²) in [5.41, 5.74) is 1.43. The van der Waals surface area contributed by atoms with Crippen LogP contribution in [0.4, 0.5) is 0 Å². The maximum absolute atomic E-state index is 12.4. The summed E-state index contributed by atoms with van der Waals surface area (Å²) in [6.07, 6.45) is 2.38. The lowest BCUT2D eigenvalue weighted by Gasteiger charge is -2.08. The molecule has 3 heterocycles. The van der Waals surface area contributed by atoms with Gasteiger partial charge in [0.1, 0.15) is 5.82 Å². The first-order chi connectivity index (χ1) is 13.1. The lowest BCUT2D eigenvalue weighted by atomic mass is 10.2. The van der Waals surface area contributed by atoms with E-state index < -0.39 is 0 Å². The first-order valence-corrected chi connectivity index (χ1v) is 8.63. The molecule has 0 unspecified atom stereocenters. The number of hydrogen-bond donors (Lipinski definition) is 1. The van der Waals surface area contributed by atoms with Crippen LogP contribution in [0.1, 0.15) is 17.9 Å². The van der Waals surface area contributed by atoms with Gasteiger partial charge in [-0.3, -0.25) is 23.5 Å². The summed E-state index contributed by atoms with van der Waals surface area (Å²) in [6, 6.07) is 12.9. The fourth-order valence-electron chi connectivity index (χ4n) is 3.06. The minimum absolute atomic E-state index is 0.0912. The summed E-state index contributed by atoms with van der Waals surface area (Å²) < 4.78 is 3.31. The van der Waals surface area contributed by atoms with Gasteiger partial charge in [0, 0.05) is 26.1 Å². The second-order valence-corrected chi connectivity index (χ2v) is 6.23. The number of aryl methyl sites for hydroxylation is 2. The van der Waals surface area contributed by atoms with E-state index in [0.717, 1.165) is 11.2 Å². The molecule has 27 heavy (non-hydrogen) atoms. The molecule has 0 aliphatic carbocycles. The molecule has 4 aromatic rings. The van der Waals surface area contributed by atoms with E-state index in [4.69, 9.17) is 0 Å². The van der Waals surface area contributed by atoms with E-state index in [9.17, 15) is 9.59 Å². The zero-order valence-corrected chi connectivity index (χ0v) is 14.8. The number of pyridine rings is 1. The lowest BCUT2D eigenvalue weighted by Crippen LogP contribution is -2.24. The van der Waals surface area contributed by atoms with E-state index in [-0.39, 0.29) is 17.9 Å². The molecule has 0 bridgehead atoms. The van der Waals surface area contributed by atoms with Gasteiger partial charge in [-0.2, -0.15) is 0 Å². The zero-order valence-electron chi connectivity index (χ0n) is 14.8. The van der Waals surface area contributed by atoms with Crippen LogP contribution in [0.25, 0.3) is 16.7 Å². The third-order valence-electron chi connectivity index (χ3n) is 4.46. The van der Waals surface area contributed by atoms with Gasteiger partial charge in [0.15, 0.2) is 0 Å². The summed E-state index contributed by atoms with van der Waals surface area (Å²) in [5, 5.41) is 11.8. The first kappa shape index (κ1) is 16.9. The van der Waals surface area contributed by atoms with Gasteiger partial charge in [0.05, 0.1) is 23.1 Å². The largest absolute Gasteiger partial charge is 0.350 e. The average molecular weight is 362 g/mol. The van der Waals surface area contributed by atoms with Crippen LogP contribution in [0.5, 0.6) is 0 Å². The van der Waals surface area contributed by atoms with Crippen molar-refractivity contribution in [3.63, 3.8) is 0 Å². The Morgan fingerprint density at radius 1 is 1.11 bits per heavy atom. The maximum atomic E-state index is 12.4. The number of fused-ring (bicyclic) bond motifs is 3. The number of carbonyl (C=O) groups is 1. The molecule has 0 aliphatic heterocycles. The van der Waals surface area contributed by atoms with Crippen molar-refractivity contribution in [1.29, 1.82) is 0 Å². The molecule has 0 radical (unpaired) electrons. The molecule has 0 aliphatic rings. The molecule has 0 saturated heterocycles. The Morgan fingerprint density at radius 3 is 2.74 bits per heavy atom. The summed E-state index contributed by atoms with van der Waals surface area (Å²) in [4.78, 5) is 28.8. The Kier molecular flexibility index (Phi) is 4.37. The number of rotatable bonds is 5. The Hall–Kier alpha value is -3.55. The van der Waals surface area contributed by atoms with E-state index in [1.165, 1.54) is 4.57 Å². The smallest absolute Gasteiger partial charge is 0.262 e. The van der Waals surface area contributed by atoms with Crippen molar-refractivity contribution < 1.29 is 4.79 Å². The quantitative estimate of drug-likeness (QED) is 0.576. The molecule has 1 aromatic carbocycles. The molecule has 8 heteroatoms. The van der Waals surface area contributed by atoms with Crippen LogP contribution in [0, 0.1) is 0 Å². The van der Waals surface area contributed by atoms with Crippen molar-refractivity contribution in [3.05, 3.63) is 70.5 Å². The molecule has 136 valence electrons. The van der Waals surface area contributed by atoms with E-state index in [1.54, 1.807) is 19.3 Å². The van der Waals surface area contributed by atoms with Crippen molar-refractivity contribution in [3.8, 4) is 0 Å². The third kappa shape index (κ3) is 3.17. The number of aromatic nitrogens is 5. The van der Waals surface area contributed by atoms with E-state index in [1.807, 2.05) is 40.8 Å². The van der Waals surface area contributed by atoms with Crippen molar-refractivity contribution in [2.45, 2.75) is 19.4 Å². The van der Waals surface area contributed by atoms with Crippen molar-refractivity contribution in [2.24, 2.45) is 7.05 Å². The summed E-state index contributed by atoms with van der Waals surface area (Å²) in [5.74, 6) is 1.01. The minimum atomic E-state index is -0.120. The van der Waals surface area contributed by atoms with Gasteiger partial charge in [-0.25, -0.2) is 0 Å². The topological polar surface area (TPSA) is 94.2 Å². The molecule has 0 atom stereocenters. The monoisotopic (exact) mass is 362 g/mol. The molecule has 1 amide bonds. The van der Waals surface area contributed by atoms with Crippen LogP contribution in [-0.4, -0.2) is 30.1 Å². The predicted molar refractivity (Wildman–Crippen MR) is 100 cm³/mol. The molecule has 0 saturated carbocycles. The highest BCUT2D eigenvalue weighted by Crippen LogP contribution is 2.14. The summed E-state index contributed by atoms with van der Waals surface area (Å²) in [7, 11) is 1.67. The van der Waals surface area contributed by atoms with Gasteiger partial charge in [-0.1, -0.05) is 18.2 Å². The van der Waals surface area contributed by atoms with Crippen LogP contribution in [0.3, 0.4) is 0 Å². The highest BCUT2D eigenvalue weighted by Gasteiger charge is 2.15. The average Bonchev–Trinajstić information content (AvgIpc) is 3.14. The second kappa shape index (κ2) is 6.99. The van der Waals surface area contributed by atoms with Gasteiger partial charge in [-0.15, -0.1) is 10.2 Å². The highest BCUT2D eigenvalue weighted by molar-refractivity contribution is 5.80. The standard InChI is InChI=1S/C19H18N6O2/c1-24-18(27)14-7-2-3-8-15(14)25-16(22-23-19(24)25)9-10-17(26)21-12-13-6-4-5-11-20-13/h2-8,11H,9-10,12H2,1H3,(H,21,26). The Labute approximate surface area is 154 Å². The van der Waals surface area contributed by atoms with E-state index in [0.29, 0.717) is 30.0 Å². The fraction of sp³-hybridized carbons (Fsp3) is 0.211. The van der Waals surface area contributed by atoms with E-state index in [2.05, 4.69) is 20.5 Å². The van der Waals surface area contributed by atoms with Crippen LogP contribution in [0.2, 0.25) is 0 Å². The van der Waals surface area contributed by atoms with Crippen LogP contribution >= 0.6 is 0 Å². The second-order valence-electron chi connectivity index (χ2n) is 6.23. The number of benzene rings is 1. The third-order valence-corrected chi connectivity index (χ3v) is 4.46. The summed E-state index contributed by atoms with van der Waals surface area (Å²) >= 11 is 0. The normalized spacial score (nSPS) is 11.1. The number of para-hydroxylation sites is 1. The highest BCUT2D eigenvalue weighted by atomic mass is 16.1. The molecule has 8 nitrogen and oxygen atoms in total. The van der Waals surface area contributed by atoms with Crippen LogP contribution in [-0.2, 0) is 24.8 Å². The molecule has 0 spiro atoms. The Balaban J connectivity index is 1.56. The SMILES string of the molecule is Cn1c(=O)c2ccccc2n2c(CCC(=O)NCc3ccccn3)nnc12. The van der Waals surface area contributed by atoms with Gasteiger partial charge in [0.2, 0.25) is 11.7 Å². The van der Waals surface area contributed by atoms with Crippen molar-refractivity contribution >= 4 is 22.6 Å². The zero-order chi connectivity index (χ0) is 18.8. The fourth-order valence-corrected chi connectivity index (χ4v) is 3.06.